The van der Waals surface area contributed by atoms with Crippen LogP contribution in [-0.4, -0.2) is 24.9 Å². The Hall–Kier alpha value is -3.25. The first-order chi connectivity index (χ1) is 16.5. The summed E-state index contributed by atoms with van der Waals surface area (Å²) < 4.78 is 5.78. The molecule has 1 atom stereocenters. The van der Waals surface area contributed by atoms with Gasteiger partial charge in [0.2, 0.25) is 11.8 Å². The van der Waals surface area contributed by atoms with Gasteiger partial charge in [-0.2, -0.15) is 0 Å². The van der Waals surface area contributed by atoms with E-state index in [4.69, 9.17) is 16.0 Å². The highest BCUT2D eigenvalue weighted by Gasteiger charge is 2.26. The van der Waals surface area contributed by atoms with Crippen LogP contribution in [0.5, 0.6) is 0 Å². The molecule has 34 heavy (non-hydrogen) atoms. The molecule has 0 spiro atoms. The van der Waals surface area contributed by atoms with Gasteiger partial charge in [0.05, 0.1) is 12.8 Å². The van der Waals surface area contributed by atoms with E-state index >= 15 is 0 Å². The normalized spacial score (nSPS) is 16.2. The molecule has 1 aromatic heterocycles. The minimum atomic E-state index is -0.463. The predicted octanol–water partition coefficient (Wildman–Crippen LogP) is 5.17. The summed E-state index contributed by atoms with van der Waals surface area (Å²) in [5.74, 6) is 0.458. The van der Waals surface area contributed by atoms with Crippen molar-refractivity contribution in [3.8, 4) is 0 Å². The lowest BCUT2D eigenvalue weighted by Crippen LogP contribution is -2.34. The maximum atomic E-state index is 13.2. The summed E-state index contributed by atoms with van der Waals surface area (Å²) in [4.78, 5) is 27.3. The van der Waals surface area contributed by atoms with Gasteiger partial charge in [0.1, 0.15) is 11.8 Å². The molecule has 2 aliphatic heterocycles. The van der Waals surface area contributed by atoms with E-state index in [0.29, 0.717) is 12.2 Å². The maximum Gasteiger partial charge on any atom is 0.228 e. The third kappa shape index (κ3) is 4.82. The molecule has 3 aromatic rings. The Morgan fingerprint density at radius 3 is 2.71 bits per heavy atom. The van der Waals surface area contributed by atoms with Gasteiger partial charge in [-0.15, -0.1) is 0 Å². The smallest absolute Gasteiger partial charge is 0.228 e. The van der Waals surface area contributed by atoms with Crippen molar-refractivity contribution < 1.29 is 14.0 Å². The van der Waals surface area contributed by atoms with Gasteiger partial charge in [-0.25, -0.2) is 0 Å². The number of hydrogen-bond acceptors (Lipinski definition) is 4. The predicted molar refractivity (Wildman–Crippen MR) is 133 cm³/mol. The summed E-state index contributed by atoms with van der Waals surface area (Å²) in [5.41, 5.74) is 5.91. The number of amides is 2. The molecule has 7 heteroatoms. The van der Waals surface area contributed by atoms with Crippen molar-refractivity contribution >= 4 is 34.8 Å². The van der Waals surface area contributed by atoms with Gasteiger partial charge in [0.15, 0.2) is 5.22 Å². The Bertz CT molecular complexity index is 1230. The second-order valence-corrected chi connectivity index (χ2v) is 9.52. The van der Waals surface area contributed by atoms with Crippen LogP contribution in [0, 0.1) is 6.92 Å². The number of piperidine rings is 1. The average Bonchev–Trinajstić information content (AvgIpc) is 3.42. The van der Waals surface area contributed by atoms with Crippen LogP contribution in [0.25, 0.3) is 0 Å². The van der Waals surface area contributed by atoms with E-state index in [-0.39, 0.29) is 23.5 Å². The zero-order chi connectivity index (χ0) is 23.7. The third-order valence-corrected chi connectivity index (χ3v) is 6.74. The van der Waals surface area contributed by atoms with E-state index in [1.807, 2.05) is 24.3 Å². The highest BCUT2D eigenvalue weighted by Crippen LogP contribution is 2.35. The first-order valence-electron chi connectivity index (χ1n) is 11.8. The summed E-state index contributed by atoms with van der Waals surface area (Å²) in [6.07, 6.45) is 4.12. The molecule has 0 radical (unpaired) electrons. The van der Waals surface area contributed by atoms with Crippen LogP contribution >= 0.6 is 11.6 Å². The number of nitrogens with zero attached hydrogens (tertiary/aromatic N) is 1. The van der Waals surface area contributed by atoms with Crippen LogP contribution in [0.2, 0.25) is 5.22 Å². The van der Waals surface area contributed by atoms with E-state index in [9.17, 15) is 9.59 Å². The first kappa shape index (κ1) is 22.5. The molecule has 0 saturated carbocycles. The summed E-state index contributed by atoms with van der Waals surface area (Å²) in [5, 5.41) is 6.30. The third-order valence-electron chi connectivity index (χ3n) is 6.54. The van der Waals surface area contributed by atoms with Crippen LogP contribution in [0.3, 0.4) is 0 Å². The summed E-state index contributed by atoms with van der Waals surface area (Å²) in [6.45, 7) is 4.08. The molecule has 0 aliphatic carbocycles. The Morgan fingerprint density at radius 1 is 1.12 bits per heavy atom. The summed E-state index contributed by atoms with van der Waals surface area (Å²) in [6, 6.07) is 15.1. The van der Waals surface area contributed by atoms with Crippen molar-refractivity contribution in [2.24, 2.45) is 0 Å². The fraction of sp³-hybridized carbons (Fsp3) is 0.333. The van der Waals surface area contributed by atoms with Crippen molar-refractivity contribution in [2.45, 2.75) is 45.1 Å². The van der Waals surface area contributed by atoms with Crippen LogP contribution in [0.4, 0.5) is 11.4 Å². The molecule has 5 rings (SSSR count). The lowest BCUT2D eigenvalue weighted by molar-refractivity contribution is -0.121. The molecule has 2 amide bonds. The Kier molecular flexibility index (Phi) is 6.33. The van der Waals surface area contributed by atoms with Crippen LogP contribution in [-0.2, 0) is 22.4 Å². The number of rotatable bonds is 6. The number of furan rings is 1. The number of halogens is 1. The number of carbonyl (C=O) groups is 2. The minimum Gasteiger partial charge on any atom is -0.447 e. The van der Waals surface area contributed by atoms with E-state index in [1.54, 1.807) is 6.07 Å². The number of hydrogen-bond donors (Lipinski definition) is 2. The van der Waals surface area contributed by atoms with Crippen molar-refractivity contribution in [1.82, 2.24) is 5.32 Å². The number of carbonyl (C=O) groups excluding carboxylic acids is 2. The molecular formula is C27H28ClN3O3. The highest BCUT2D eigenvalue weighted by molar-refractivity contribution is 6.28. The Balaban J connectivity index is 1.43. The zero-order valence-electron chi connectivity index (χ0n) is 19.2. The van der Waals surface area contributed by atoms with E-state index in [0.717, 1.165) is 54.0 Å². The molecule has 2 N–H and O–H groups in total. The molecule has 176 valence electrons. The summed E-state index contributed by atoms with van der Waals surface area (Å²) >= 11 is 6.11. The van der Waals surface area contributed by atoms with Gasteiger partial charge in [0, 0.05) is 30.0 Å². The van der Waals surface area contributed by atoms with Gasteiger partial charge in [-0.3, -0.25) is 9.59 Å². The quantitative estimate of drug-likeness (QED) is 0.513. The Labute approximate surface area is 204 Å². The van der Waals surface area contributed by atoms with E-state index in [2.05, 4.69) is 40.7 Å². The zero-order valence-corrected chi connectivity index (χ0v) is 20.0. The molecular weight excluding hydrogens is 450 g/mol. The lowest BCUT2D eigenvalue weighted by Gasteiger charge is -2.32. The maximum absolute atomic E-state index is 13.2. The van der Waals surface area contributed by atoms with E-state index < -0.39 is 6.04 Å². The lowest BCUT2D eigenvalue weighted by atomic mass is 9.97. The molecule has 3 heterocycles. The van der Waals surface area contributed by atoms with Crippen LogP contribution in [0.1, 0.15) is 53.3 Å². The van der Waals surface area contributed by atoms with Gasteiger partial charge in [-0.1, -0.05) is 24.3 Å². The number of nitrogens with one attached hydrogen (secondary N) is 2. The van der Waals surface area contributed by atoms with E-state index in [1.165, 1.54) is 12.0 Å². The number of fused-ring (bicyclic) bond motifs is 1. The minimum absolute atomic E-state index is 0.0176. The van der Waals surface area contributed by atoms with Gasteiger partial charge >= 0.3 is 0 Å². The average molecular weight is 478 g/mol. The second-order valence-electron chi connectivity index (χ2n) is 9.15. The number of aryl methyl sites for hydroxylation is 1. The van der Waals surface area contributed by atoms with Crippen molar-refractivity contribution in [1.29, 1.82) is 0 Å². The van der Waals surface area contributed by atoms with Gasteiger partial charge in [-0.05, 0) is 78.7 Å². The molecule has 6 nitrogen and oxygen atoms in total. The second kappa shape index (κ2) is 9.55. The van der Waals surface area contributed by atoms with Crippen LogP contribution in [0.15, 0.2) is 52.9 Å². The first-order valence-corrected chi connectivity index (χ1v) is 12.2. The van der Waals surface area contributed by atoms with Crippen LogP contribution < -0.4 is 15.5 Å². The van der Waals surface area contributed by atoms with Crippen molar-refractivity contribution in [3.63, 3.8) is 0 Å². The number of anilines is 2. The molecule has 2 aliphatic rings. The summed E-state index contributed by atoms with van der Waals surface area (Å²) in [7, 11) is 0. The molecule has 1 saturated heterocycles. The van der Waals surface area contributed by atoms with Gasteiger partial charge < -0.3 is 20.0 Å². The molecule has 1 unspecified atom stereocenters. The van der Waals surface area contributed by atoms with Crippen molar-refractivity contribution in [2.75, 3.05) is 23.3 Å². The molecule has 1 fully saturated rings. The number of benzene rings is 2. The standard InChI is InChI=1S/C27H28ClN3O3/c1-17-5-7-20(22(13-17)31-11-3-2-4-12-31)27(23-9-10-24(28)34-23)30-25(32)15-18-6-8-21-19(14-18)16-26(33)29-21/h5-10,13-14,27H,2-4,11-12,15-16H2,1H3,(H,29,33)(H,30,32). The molecule has 0 bridgehead atoms. The topological polar surface area (TPSA) is 74.6 Å². The fourth-order valence-electron chi connectivity index (χ4n) is 4.88. The molecule has 2 aromatic carbocycles. The monoisotopic (exact) mass is 477 g/mol. The Morgan fingerprint density at radius 2 is 1.94 bits per heavy atom. The fourth-order valence-corrected chi connectivity index (χ4v) is 5.03. The van der Waals surface area contributed by atoms with Crippen molar-refractivity contribution in [3.05, 3.63) is 81.8 Å². The van der Waals surface area contributed by atoms with Gasteiger partial charge in [0.25, 0.3) is 0 Å². The highest BCUT2D eigenvalue weighted by atomic mass is 35.5. The SMILES string of the molecule is Cc1ccc(C(NC(=O)Cc2ccc3c(c2)CC(=O)N3)c2ccc(Cl)o2)c(N2CCCCC2)c1. The largest absolute Gasteiger partial charge is 0.447 e.